The van der Waals surface area contributed by atoms with Crippen LogP contribution in [0.5, 0.6) is 11.5 Å². The van der Waals surface area contributed by atoms with Crippen LogP contribution in [0.3, 0.4) is 0 Å². The van der Waals surface area contributed by atoms with Gasteiger partial charge in [0.15, 0.2) is 0 Å². The third-order valence-corrected chi connectivity index (χ3v) is 6.91. The fourth-order valence-electron chi connectivity index (χ4n) is 5.03. The first kappa shape index (κ1) is 24.4. The van der Waals surface area contributed by atoms with Gasteiger partial charge in [-0.05, 0) is 61.4 Å². The number of amides is 1. The number of aliphatic hydroxyl groups is 1. The van der Waals surface area contributed by atoms with E-state index in [1.807, 2.05) is 12.1 Å². The first-order valence-electron chi connectivity index (χ1n) is 12.1. The van der Waals surface area contributed by atoms with Crippen LogP contribution in [0.25, 0.3) is 5.76 Å². The lowest BCUT2D eigenvalue weighted by Crippen LogP contribution is -2.30. The highest BCUT2D eigenvalue weighted by molar-refractivity contribution is 6.51. The van der Waals surface area contributed by atoms with E-state index in [0.717, 1.165) is 31.6 Å². The number of methoxy groups -OCH3 is 2. The topological polar surface area (TPSA) is 79.3 Å². The summed E-state index contributed by atoms with van der Waals surface area (Å²) in [6.45, 7) is 1.92. The van der Waals surface area contributed by atoms with Gasteiger partial charge in [0, 0.05) is 30.0 Å². The van der Waals surface area contributed by atoms with Crippen molar-refractivity contribution in [3.8, 4) is 11.5 Å². The van der Waals surface area contributed by atoms with Crippen molar-refractivity contribution in [2.24, 2.45) is 0 Å². The third kappa shape index (κ3) is 4.28. The number of Topliss-reactive ketones (excluding diaryl/α,β-unsaturated/α-hetero) is 1. The van der Waals surface area contributed by atoms with Crippen LogP contribution in [-0.4, -0.2) is 44.1 Å². The molecule has 8 heteroatoms. The molecular formula is C29H27FN2O5. The minimum absolute atomic E-state index is 0.0914. The van der Waals surface area contributed by atoms with E-state index in [1.54, 1.807) is 30.3 Å². The first-order valence-corrected chi connectivity index (χ1v) is 12.1. The summed E-state index contributed by atoms with van der Waals surface area (Å²) >= 11 is 0. The summed E-state index contributed by atoms with van der Waals surface area (Å²) in [4.78, 5) is 30.3. The zero-order valence-corrected chi connectivity index (χ0v) is 20.6. The van der Waals surface area contributed by atoms with Gasteiger partial charge >= 0.3 is 0 Å². The van der Waals surface area contributed by atoms with Crippen molar-refractivity contribution in [3.63, 3.8) is 0 Å². The Morgan fingerprint density at radius 3 is 2.24 bits per heavy atom. The van der Waals surface area contributed by atoms with Gasteiger partial charge < -0.3 is 19.5 Å². The van der Waals surface area contributed by atoms with Gasteiger partial charge in [-0.1, -0.05) is 18.2 Å². The smallest absolute Gasteiger partial charge is 0.300 e. The maximum atomic E-state index is 15.2. The number of ether oxygens (including phenoxy) is 2. The summed E-state index contributed by atoms with van der Waals surface area (Å²) in [5.41, 5.74) is 1.46. The molecule has 1 atom stereocenters. The number of carbonyl (C=O) groups excluding carboxylic acids is 2. The Kier molecular flexibility index (Phi) is 6.56. The van der Waals surface area contributed by atoms with Gasteiger partial charge in [-0.25, -0.2) is 4.39 Å². The Balaban J connectivity index is 1.68. The number of hydrogen-bond donors (Lipinski definition) is 1. The second kappa shape index (κ2) is 9.97. The first-order chi connectivity index (χ1) is 17.9. The molecule has 2 aliphatic heterocycles. The number of carbonyl (C=O) groups is 2. The van der Waals surface area contributed by atoms with Crippen molar-refractivity contribution in [3.05, 3.63) is 89.2 Å². The average Bonchev–Trinajstić information content (AvgIpc) is 3.55. The molecule has 1 unspecified atom stereocenters. The molecule has 0 saturated carbocycles. The zero-order chi connectivity index (χ0) is 26.1. The van der Waals surface area contributed by atoms with Crippen LogP contribution < -0.4 is 19.3 Å². The van der Waals surface area contributed by atoms with Gasteiger partial charge in [0.2, 0.25) is 0 Å². The molecule has 1 amide bonds. The molecule has 0 aliphatic carbocycles. The number of benzene rings is 3. The molecule has 3 aromatic carbocycles. The summed E-state index contributed by atoms with van der Waals surface area (Å²) in [5.74, 6) is -2.16. The van der Waals surface area contributed by atoms with Gasteiger partial charge in [-0.3, -0.25) is 14.5 Å². The molecule has 3 aromatic rings. The van der Waals surface area contributed by atoms with Gasteiger partial charge in [0.05, 0.1) is 31.4 Å². The number of hydrogen-bond acceptors (Lipinski definition) is 6. The molecule has 0 aromatic heterocycles. The highest BCUT2D eigenvalue weighted by atomic mass is 19.1. The summed E-state index contributed by atoms with van der Waals surface area (Å²) in [5, 5.41) is 11.4. The highest BCUT2D eigenvalue weighted by Crippen LogP contribution is 2.44. The highest BCUT2D eigenvalue weighted by Gasteiger charge is 2.48. The second-order valence-electron chi connectivity index (χ2n) is 8.97. The number of anilines is 2. The SMILES string of the molecule is COc1ccc(OC)c(/C(O)=C2\C(=O)C(=O)N(c3ccc(N4CCCC4)cc3)C2c2ccccc2F)c1. The van der Waals surface area contributed by atoms with Gasteiger partial charge in [-0.2, -0.15) is 0 Å². The van der Waals surface area contributed by atoms with Crippen LogP contribution in [0.1, 0.15) is 30.0 Å². The van der Waals surface area contributed by atoms with E-state index >= 15 is 4.39 Å². The number of rotatable bonds is 6. The third-order valence-electron chi connectivity index (χ3n) is 6.91. The molecule has 5 rings (SSSR count). The van der Waals surface area contributed by atoms with Gasteiger partial charge in [0.25, 0.3) is 11.7 Å². The lowest BCUT2D eigenvalue weighted by atomic mass is 9.94. The summed E-state index contributed by atoms with van der Waals surface area (Å²) in [6, 6.07) is 16.8. The fourth-order valence-corrected chi connectivity index (χ4v) is 5.03. The van der Waals surface area contributed by atoms with Crippen LogP contribution in [-0.2, 0) is 9.59 Å². The van der Waals surface area contributed by atoms with Crippen LogP contribution in [0, 0.1) is 5.82 Å². The van der Waals surface area contributed by atoms with Crippen LogP contribution in [0.15, 0.2) is 72.3 Å². The number of nitrogens with zero attached hydrogens (tertiary/aromatic N) is 2. The lowest BCUT2D eigenvalue weighted by molar-refractivity contribution is -0.132. The maximum Gasteiger partial charge on any atom is 0.300 e. The molecule has 2 aliphatic rings. The molecule has 190 valence electrons. The Morgan fingerprint density at radius 1 is 0.919 bits per heavy atom. The standard InChI is InChI=1S/C29H27FN2O5/c1-36-20-13-14-24(37-2)22(17-20)27(33)25-26(21-7-3-4-8-23(21)30)32(29(35)28(25)34)19-11-9-18(10-12-19)31-15-5-6-16-31/h3-4,7-14,17,26,33H,5-6,15-16H2,1-2H3/b27-25+. The Morgan fingerprint density at radius 2 is 1.59 bits per heavy atom. The molecule has 2 heterocycles. The molecule has 7 nitrogen and oxygen atoms in total. The zero-order valence-electron chi connectivity index (χ0n) is 20.6. The van der Waals surface area contributed by atoms with Crippen molar-refractivity contribution in [1.29, 1.82) is 0 Å². The minimum atomic E-state index is -1.19. The molecule has 2 saturated heterocycles. The van der Waals surface area contributed by atoms with Crippen molar-refractivity contribution >= 4 is 28.8 Å². The largest absolute Gasteiger partial charge is 0.507 e. The Hall–Kier alpha value is -4.33. The minimum Gasteiger partial charge on any atom is -0.507 e. The van der Waals surface area contributed by atoms with E-state index < -0.39 is 29.3 Å². The predicted octanol–water partition coefficient (Wildman–Crippen LogP) is 5.07. The summed E-state index contributed by atoms with van der Waals surface area (Å²) < 4.78 is 25.8. The maximum absolute atomic E-state index is 15.2. The van der Waals surface area contributed by atoms with E-state index in [1.165, 1.54) is 43.4 Å². The van der Waals surface area contributed by atoms with E-state index in [2.05, 4.69) is 4.90 Å². The molecule has 0 bridgehead atoms. The van der Waals surface area contributed by atoms with E-state index in [4.69, 9.17) is 9.47 Å². The monoisotopic (exact) mass is 502 g/mol. The fraction of sp³-hybridized carbons (Fsp3) is 0.241. The molecule has 2 fully saturated rings. The van der Waals surface area contributed by atoms with Crippen LogP contribution in [0.4, 0.5) is 15.8 Å². The summed E-state index contributed by atoms with van der Waals surface area (Å²) in [7, 11) is 2.89. The number of aliphatic hydroxyl groups excluding tert-OH is 1. The van der Waals surface area contributed by atoms with E-state index in [-0.39, 0.29) is 22.4 Å². The molecular weight excluding hydrogens is 475 g/mol. The predicted molar refractivity (Wildman–Crippen MR) is 139 cm³/mol. The van der Waals surface area contributed by atoms with Crippen molar-refractivity contribution < 1.29 is 28.6 Å². The number of halogens is 1. The van der Waals surface area contributed by atoms with Crippen molar-refractivity contribution in [2.75, 3.05) is 37.1 Å². The molecule has 1 N–H and O–H groups in total. The molecule has 0 radical (unpaired) electrons. The van der Waals surface area contributed by atoms with E-state index in [9.17, 15) is 14.7 Å². The van der Waals surface area contributed by atoms with Crippen molar-refractivity contribution in [2.45, 2.75) is 18.9 Å². The quantitative estimate of drug-likeness (QED) is 0.288. The van der Waals surface area contributed by atoms with Crippen molar-refractivity contribution in [1.82, 2.24) is 0 Å². The van der Waals surface area contributed by atoms with Crippen LogP contribution in [0.2, 0.25) is 0 Å². The molecule has 0 spiro atoms. The van der Waals surface area contributed by atoms with E-state index in [0.29, 0.717) is 11.4 Å². The van der Waals surface area contributed by atoms with Crippen LogP contribution >= 0.6 is 0 Å². The normalized spacial score (nSPS) is 18.9. The number of ketones is 1. The Labute approximate surface area is 214 Å². The van der Waals surface area contributed by atoms with Gasteiger partial charge in [-0.15, -0.1) is 0 Å². The average molecular weight is 503 g/mol. The Bertz CT molecular complexity index is 1380. The lowest BCUT2D eigenvalue weighted by Gasteiger charge is -2.26. The summed E-state index contributed by atoms with van der Waals surface area (Å²) in [6.07, 6.45) is 2.24. The second-order valence-corrected chi connectivity index (χ2v) is 8.97. The van der Waals surface area contributed by atoms with Gasteiger partial charge in [0.1, 0.15) is 23.1 Å². The molecule has 37 heavy (non-hydrogen) atoms.